The highest BCUT2D eigenvalue weighted by molar-refractivity contribution is 6.17. The molecule has 18 heavy (non-hydrogen) atoms. The summed E-state index contributed by atoms with van der Waals surface area (Å²) >= 11 is 0. The third kappa shape index (κ3) is 4.19. The van der Waals surface area contributed by atoms with Gasteiger partial charge in [0.2, 0.25) is 11.8 Å². The van der Waals surface area contributed by atoms with Crippen molar-refractivity contribution in [2.24, 2.45) is 0 Å². The topological polar surface area (TPSA) is 55.8 Å². The molecule has 0 saturated carbocycles. The van der Waals surface area contributed by atoms with Crippen LogP contribution >= 0.6 is 0 Å². The van der Waals surface area contributed by atoms with E-state index in [4.69, 9.17) is 9.47 Å². The van der Waals surface area contributed by atoms with E-state index < -0.39 is 0 Å². The molecule has 1 fully saturated rings. The zero-order valence-corrected chi connectivity index (χ0v) is 13.5. The lowest BCUT2D eigenvalue weighted by molar-refractivity contribution is -0.146. The minimum Gasteiger partial charge on any atom is -0.353 e. The second kappa shape index (κ2) is 7.65. The van der Waals surface area contributed by atoms with Crippen LogP contribution in [0.3, 0.4) is 0 Å². The molecule has 0 aromatic carbocycles. The van der Waals surface area contributed by atoms with Crippen LogP contribution in [0.25, 0.3) is 0 Å². The van der Waals surface area contributed by atoms with Gasteiger partial charge in [-0.1, -0.05) is 0 Å². The minimum atomic E-state index is -0.218. The Bertz CT molecular complexity index is 276. The summed E-state index contributed by atoms with van der Waals surface area (Å²) in [6.07, 6.45) is 2.03. The van der Waals surface area contributed by atoms with Gasteiger partial charge in [-0.05, 0) is 26.7 Å². The lowest BCUT2D eigenvalue weighted by atomic mass is 10.2. The molecule has 5 nitrogen and oxygen atoms in total. The van der Waals surface area contributed by atoms with Crippen molar-refractivity contribution in [1.82, 2.24) is 4.90 Å². The number of rotatable bonds is 8. The zero-order chi connectivity index (χ0) is 13.5. The lowest BCUT2D eigenvalue weighted by Gasteiger charge is -2.24. The highest BCUT2D eigenvalue weighted by Crippen LogP contribution is 2.18. The molecule has 0 aromatic rings. The standard InChI is InChI=1S/C12H23NO4Si/c1-3-16-12(17-4-2)8-7-11(18)13-9(14)5-6-10(13)15/h11-12H,3-8H2,1-2,18H3. The number of imide groups is 1. The lowest BCUT2D eigenvalue weighted by Crippen LogP contribution is -2.40. The first-order valence-electron chi connectivity index (χ1n) is 6.68. The summed E-state index contributed by atoms with van der Waals surface area (Å²) < 4.78 is 10.9. The van der Waals surface area contributed by atoms with E-state index in [2.05, 4.69) is 0 Å². The normalized spacial score (nSPS) is 18.1. The molecule has 1 unspecified atom stereocenters. The monoisotopic (exact) mass is 273 g/mol. The molecule has 6 heteroatoms. The van der Waals surface area contributed by atoms with Gasteiger partial charge in [0.1, 0.15) is 0 Å². The highest BCUT2D eigenvalue weighted by Gasteiger charge is 2.32. The van der Waals surface area contributed by atoms with Crippen molar-refractivity contribution in [3.05, 3.63) is 0 Å². The summed E-state index contributed by atoms with van der Waals surface area (Å²) in [6, 6.07) is 0. The number of ether oxygens (including phenoxy) is 2. The average Bonchev–Trinajstić information content (AvgIpc) is 2.66. The van der Waals surface area contributed by atoms with Crippen molar-refractivity contribution in [1.29, 1.82) is 0 Å². The van der Waals surface area contributed by atoms with Gasteiger partial charge in [-0.15, -0.1) is 0 Å². The van der Waals surface area contributed by atoms with E-state index in [1.54, 1.807) is 0 Å². The van der Waals surface area contributed by atoms with Crippen LogP contribution < -0.4 is 0 Å². The van der Waals surface area contributed by atoms with Crippen LogP contribution in [0.2, 0.25) is 0 Å². The average molecular weight is 273 g/mol. The maximum atomic E-state index is 11.6. The van der Waals surface area contributed by atoms with Gasteiger partial charge < -0.3 is 9.47 Å². The first kappa shape index (κ1) is 15.3. The summed E-state index contributed by atoms with van der Waals surface area (Å²) in [5.74, 6) is -0.0475. The van der Waals surface area contributed by atoms with Crippen molar-refractivity contribution in [2.45, 2.75) is 51.5 Å². The fourth-order valence-electron chi connectivity index (χ4n) is 2.18. The third-order valence-corrected chi connectivity index (χ3v) is 4.15. The predicted molar refractivity (Wildman–Crippen MR) is 71.1 cm³/mol. The molecule has 0 spiro atoms. The highest BCUT2D eigenvalue weighted by atomic mass is 28.1. The van der Waals surface area contributed by atoms with E-state index in [0.717, 1.165) is 23.1 Å². The third-order valence-electron chi connectivity index (χ3n) is 3.06. The Morgan fingerprint density at radius 2 is 1.61 bits per heavy atom. The molecule has 0 N–H and O–H groups in total. The van der Waals surface area contributed by atoms with E-state index in [1.807, 2.05) is 13.8 Å². The maximum Gasteiger partial charge on any atom is 0.229 e. The Morgan fingerprint density at radius 1 is 1.11 bits per heavy atom. The Morgan fingerprint density at radius 3 is 2.06 bits per heavy atom. The molecule has 0 aliphatic carbocycles. The first-order valence-corrected chi connectivity index (χ1v) is 7.83. The van der Waals surface area contributed by atoms with Gasteiger partial charge in [-0.25, -0.2) is 0 Å². The number of hydrogen-bond donors (Lipinski definition) is 0. The molecule has 1 saturated heterocycles. The van der Waals surface area contributed by atoms with Crippen LogP contribution in [0.4, 0.5) is 0 Å². The molecule has 1 aliphatic rings. The first-order chi connectivity index (χ1) is 8.60. The number of amides is 2. The fourth-order valence-corrected chi connectivity index (χ4v) is 3.09. The van der Waals surface area contributed by atoms with Gasteiger partial charge in [0, 0.05) is 42.0 Å². The summed E-state index contributed by atoms with van der Waals surface area (Å²) in [5, 5.41) is 0. The number of nitrogens with zero attached hydrogens (tertiary/aromatic N) is 1. The van der Waals surface area contributed by atoms with Crippen molar-refractivity contribution < 1.29 is 19.1 Å². The summed E-state index contributed by atoms with van der Waals surface area (Å²) in [4.78, 5) is 24.6. The van der Waals surface area contributed by atoms with Gasteiger partial charge in [-0.3, -0.25) is 14.5 Å². The minimum absolute atomic E-state index is 0.0237. The summed E-state index contributed by atoms with van der Waals surface area (Å²) in [6.45, 7) is 5.07. The fraction of sp³-hybridized carbons (Fsp3) is 0.833. The number of carbonyl (C=O) groups is 2. The second-order valence-electron chi connectivity index (χ2n) is 4.42. The molecule has 104 valence electrons. The predicted octanol–water partition coefficient (Wildman–Crippen LogP) is 0.00620. The van der Waals surface area contributed by atoms with E-state index in [-0.39, 0.29) is 23.8 Å². The summed E-state index contributed by atoms with van der Waals surface area (Å²) in [7, 11) is 0.795. The molecule has 0 radical (unpaired) electrons. The van der Waals surface area contributed by atoms with Crippen LogP contribution in [0.15, 0.2) is 0 Å². The molecule has 1 heterocycles. The summed E-state index contributed by atoms with van der Waals surface area (Å²) in [5.41, 5.74) is 0.0657. The zero-order valence-electron chi connectivity index (χ0n) is 11.5. The molecule has 1 aliphatic heterocycles. The number of likely N-dealkylation sites (tertiary alicyclic amines) is 1. The maximum absolute atomic E-state index is 11.6. The number of hydrogen-bond acceptors (Lipinski definition) is 4. The second-order valence-corrected chi connectivity index (χ2v) is 5.76. The van der Waals surface area contributed by atoms with Crippen molar-refractivity contribution >= 4 is 22.1 Å². The van der Waals surface area contributed by atoms with Gasteiger partial charge in [0.05, 0.1) is 0 Å². The Hall–Kier alpha value is -0.723. The molecule has 2 amide bonds. The van der Waals surface area contributed by atoms with Gasteiger partial charge in [0.25, 0.3) is 0 Å². The molecule has 0 bridgehead atoms. The molecule has 1 rings (SSSR count). The Labute approximate surface area is 111 Å². The molecule has 0 aromatic heterocycles. The van der Waals surface area contributed by atoms with Crippen molar-refractivity contribution in [2.75, 3.05) is 13.2 Å². The van der Waals surface area contributed by atoms with Crippen molar-refractivity contribution in [3.63, 3.8) is 0 Å². The van der Waals surface area contributed by atoms with Gasteiger partial charge in [0.15, 0.2) is 6.29 Å². The van der Waals surface area contributed by atoms with E-state index >= 15 is 0 Å². The number of carbonyl (C=O) groups excluding carboxylic acids is 2. The molecular formula is C12H23NO4Si. The van der Waals surface area contributed by atoms with Crippen molar-refractivity contribution in [3.8, 4) is 0 Å². The van der Waals surface area contributed by atoms with Crippen LogP contribution in [0, 0.1) is 0 Å². The van der Waals surface area contributed by atoms with Crippen LogP contribution in [-0.4, -0.2) is 52.1 Å². The quantitative estimate of drug-likeness (QED) is 0.355. The molecular weight excluding hydrogens is 250 g/mol. The van der Waals surface area contributed by atoms with Crippen LogP contribution in [0.1, 0.15) is 39.5 Å². The SMILES string of the molecule is CCOC(CCC([SiH3])N1C(=O)CCC1=O)OCC. The van der Waals surface area contributed by atoms with E-state index in [1.165, 1.54) is 4.90 Å². The van der Waals surface area contributed by atoms with E-state index in [9.17, 15) is 9.59 Å². The van der Waals surface area contributed by atoms with Crippen LogP contribution in [-0.2, 0) is 19.1 Å². The smallest absolute Gasteiger partial charge is 0.229 e. The largest absolute Gasteiger partial charge is 0.353 e. The molecule has 1 atom stereocenters. The van der Waals surface area contributed by atoms with Crippen LogP contribution in [0.5, 0.6) is 0 Å². The van der Waals surface area contributed by atoms with E-state index in [0.29, 0.717) is 26.1 Å². The Kier molecular flexibility index (Phi) is 6.52. The van der Waals surface area contributed by atoms with Gasteiger partial charge in [-0.2, -0.15) is 0 Å². The Balaban J connectivity index is 2.41. The van der Waals surface area contributed by atoms with Gasteiger partial charge >= 0.3 is 0 Å².